The highest BCUT2D eigenvalue weighted by molar-refractivity contribution is 5.71. The van der Waals surface area contributed by atoms with E-state index in [0.717, 1.165) is 22.6 Å². The molecule has 2 heterocycles. The molecule has 2 unspecified atom stereocenters. The quantitative estimate of drug-likeness (QED) is 0.879. The summed E-state index contributed by atoms with van der Waals surface area (Å²) < 4.78 is 11.8. The first-order valence-electron chi connectivity index (χ1n) is 7.72. The van der Waals surface area contributed by atoms with Crippen LogP contribution in [0.15, 0.2) is 12.1 Å². The van der Waals surface area contributed by atoms with Crippen molar-refractivity contribution in [1.29, 1.82) is 0 Å². The fourth-order valence-corrected chi connectivity index (χ4v) is 3.03. The summed E-state index contributed by atoms with van der Waals surface area (Å²) in [6, 6.07) is 4.07. The second-order valence-electron chi connectivity index (χ2n) is 7.13. The largest absolute Gasteiger partial charge is 0.489 e. The van der Waals surface area contributed by atoms with Crippen molar-refractivity contribution in [3.63, 3.8) is 0 Å². The normalized spacial score (nSPS) is 26.5. The molecule has 0 radical (unpaired) electrons. The van der Waals surface area contributed by atoms with E-state index in [-0.39, 0.29) is 17.4 Å². The number of rotatable bonds is 2. The Morgan fingerprint density at radius 1 is 1.27 bits per heavy atom. The zero-order valence-corrected chi connectivity index (χ0v) is 13.3. The van der Waals surface area contributed by atoms with Crippen LogP contribution in [0.5, 0.6) is 11.5 Å². The molecule has 3 rings (SSSR count). The first-order chi connectivity index (χ1) is 10.4. The van der Waals surface area contributed by atoms with Crippen LogP contribution in [0.2, 0.25) is 0 Å². The predicted molar refractivity (Wildman–Crippen MR) is 82.4 cm³/mol. The molecule has 0 aromatic heterocycles. The minimum Gasteiger partial charge on any atom is -0.489 e. The zero-order valence-electron chi connectivity index (χ0n) is 13.3. The fraction of sp³-hybridized carbons (Fsp3) is 0.588. The summed E-state index contributed by atoms with van der Waals surface area (Å²) in [7, 11) is 0. The van der Waals surface area contributed by atoms with E-state index in [0.29, 0.717) is 26.2 Å². The fourth-order valence-electron chi connectivity index (χ4n) is 3.03. The Bertz CT molecular complexity index is 597. The number of carbonyl (C=O) groups is 1. The molecule has 0 spiro atoms. The number of aliphatic carboxylic acids is 1. The molecule has 120 valence electrons. The van der Waals surface area contributed by atoms with Crippen molar-refractivity contribution >= 4 is 5.97 Å². The first-order valence-corrected chi connectivity index (χ1v) is 7.72. The Labute approximate surface area is 130 Å². The number of fused-ring (bicyclic) bond motifs is 1. The Kier molecular flexibility index (Phi) is 3.77. The first kappa shape index (κ1) is 15.2. The Morgan fingerprint density at radius 3 is 2.50 bits per heavy atom. The number of hydrogen-bond acceptors (Lipinski definition) is 4. The van der Waals surface area contributed by atoms with Crippen molar-refractivity contribution in [3.8, 4) is 11.5 Å². The van der Waals surface area contributed by atoms with Crippen LogP contribution in [0, 0.1) is 18.3 Å². The lowest BCUT2D eigenvalue weighted by Gasteiger charge is -2.19. The highest BCUT2D eigenvalue weighted by atomic mass is 16.5. The average Bonchev–Trinajstić information content (AvgIpc) is 2.88. The van der Waals surface area contributed by atoms with Crippen LogP contribution in [0.1, 0.15) is 37.4 Å². The van der Waals surface area contributed by atoms with E-state index in [4.69, 9.17) is 14.6 Å². The number of ether oxygens (including phenoxy) is 2. The minimum absolute atomic E-state index is 0.0207. The molecular weight excluding hydrogens is 282 g/mol. The molecule has 0 bridgehead atoms. The third-order valence-electron chi connectivity index (χ3n) is 4.42. The maximum Gasteiger partial charge on any atom is 0.307 e. The van der Waals surface area contributed by atoms with Crippen LogP contribution in [0.25, 0.3) is 0 Å². The van der Waals surface area contributed by atoms with Gasteiger partial charge in [-0.2, -0.15) is 0 Å². The molecule has 2 aliphatic rings. The topological polar surface area (TPSA) is 67.8 Å². The number of hydrogen-bond donors (Lipinski definition) is 2. The van der Waals surface area contributed by atoms with Gasteiger partial charge in [-0.3, -0.25) is 4.79 Å². The Morgan fingerprint density at radius 2 is 1.91 bits per heavy atom. The van der Waals surface area contributed by atoms with E-state index < -0.39 is 5.97 Å². The van der Waals surface area contributed by atoms with Crippen LogP contribution >= 0.6 is 0 Å². The summed E-state index contributed by atoms with van der Waals surface area (Å²) in [5, 5.41) is 12.5. The van der Waals surface area contributed by atoms with Crippen molar-refractivity contribution in [1.82, 2.24) is 5.32 Å². The minimum atomic E-state index is -0.733. The van der Waals surface area contributed by atoms with Gasteiger partial charge in [0.1, 0.15) is 0 Å². The van der Waals surface area contributed by atoms with Crippen molar-refractivity contribution in [2.75, 3.05) is 19.8 Å². The van der Waals surface area contributed by atoms with E-state index >= 15 is 0 Å². The molecule has 0 aliphatic carbocycles. The average molecular weight is 305 g/mol. The van der Waals surface area contributed by atoms with Crippen LogP contribution in [0.3, 0.4) is 0 Å². The number of nitrogens with one attached hydrogen (secondary N) is 1. The molecule has 2 N–H and O–H groups in total. The molecule has 2 aliphatic heterocycles. The van der Waals surface area contributed by atoms with Crippen molar-refractivity contribution in [2.45, 2.75) is 33.2 Å². The van der Waals surface area contributed by atoms with E-state index in [1.165, 1.54) is 0 Å². The van der Waals surface area contributed by atoms with Gasteiger partial charge < -0.3 is 19.9 Å². The van der Waals surface area contributed by atoms with Crippen LogP contribution in [0.4, 0.5) is 0 Å². The van der Waals surface area contributed by atoms with Crippen molar-refractivity contribution < 1.29 is 19.4 Å². The highest BCUT2D eigenvalue weighted by Crippen LogP contribution is 2.39. The third-order valence-corrected chi connectivity index (χ3v) is 4.42. The SMILES string of the molecule is Cc1cc2c(cc1C1CC(C(=O)O)CN1)OCC(C)(C)CO2. The number of aryl methyl sites for hydroxylation is 1. The molecule has 1 aromatic rings. The van der Waals surface area contributed by atoms with Crippen LogP contribution in [-0.2, 0) is 4.79 Å². The van der Waals surface area contributed by atoms with E-state index in [1.807, 2.05) is 19.1 Å². The smallest absolute Gasteiger partial charge is 0.307 e. The monoisotopic (exact) mass is 305 g/mol. The summed E-state index contributed by atoms with van der Waals surface area (Å²) in [4.78, 5) is 11.1. The highest BCUT2D eigenvalue weighted by Gasteiger charge is 2.32. The molecular formula is C17H23NO4. The standard InChI is InChI=1S/C17H23NO4/c1-10-4-14-15(22-9-17(2,3)8-21-14)6-12(10)13-5-11(7-18-13)16(19)20/h4,6,11,13,18H,5,7-9H2,1-3H3,(H,19,20). The third kappa shape index (κ3) is 2.90. The Balaban J connectivity index is 1.86. The van der Waals surface area contributed by atoms with Gasteiger partial charge in [-0.05, 0) is 36.6 Å². The zero-order chi connectivity index (χ0) is 15.9. The number of carboxylic acids is 1. The van der Waals surface area contributed by atoms with Crippen LogP contribution in [-0.4, -0.2) is 30.8 Å². The second kappa shape index (κ2) is 5.47. The maximum absolute atomic E-state index is 11.1. The number of carboxylic acid groups (broad SMARTS) is 1. The second-order valence-corrected chi connectivity index (χ2v) is 7.13. The van der Waals surface area contributed by atoms with Gasteiger partial charge in [0.25, 0.3) is 0 Å². The van der Waals surface area contributed by atoms with Crippen LogP contribution < -0.4 is 14.8 Å². The summed E-state index contributed by atoms with van der Waals surface area (Å²) in [5.41, 5.74) is 2.18. The van der Waals surface area contributed by atoms with Gasteiger partial charge in [-0.15, -0.1) is 0 Å². The molecule has 1 fully saturated rings. The van der Waals surface area contributed by atoms with Gasteiger partial charge in [-0.1, -0.05) is 13.8 Å². The molecule has 0 saturated carbocycles. The summed E-state index contributed by atoms with van der Waals surface area (Å²) in [6.45, 7) is 8.01. The molecule has 1 aromatic carbocycles. The lowest BCUT2D eigenvalue weighted by atomic mass is 9.96. The van der Waals surface area contributed by atoms with Crippen molar-refractivity contribution in [3.05, 3.63) is 23.3 Å². The van der Waals surface area contributed by atoms with Gasteiger partial charge in [-0.25, -0.2) is 0 Å². The summed E-state index contributed by atoms with van der Waals surface area (Å²) in [6.07, 6.45) is 0.612. The van der Waals surface area contributed by atoms with Gasteiger partial charge in [0.05, 0.1) is 19.1 Å². The molecule has 0 amide bonds. The summed E-state index contributed by atoms with van der Waals surface area (Å²) in [5.74, 6) is 0.481. The lowest BCUT2D eigenvalue weighted by molar-refractivity contribution is -0.141. The van der Waals surface area contributed by atoms with E-state index in [1.54, 1.807) is 0 Å². The molecule has 22 heavy (non-hydrogen) atoms. The molecule has 5 heteroatoms. The summed E-state index contributed by atoms with van der Waals surface area (Å²) >= 11 is 0. The lowest BCUT2D eigenvalue weighted by Crippen LogP contribution is -2.26. The van der Waals surface area contributed by atoms with Crippen molar-refractivity contribution in [2.24, 2.45) is 11.3 Å². The number of benzene rings is 1. The van der Waals surface area contributed by atoms with Gasteiger partial charge in [0.15, 0.2) is 11.5 Å². The molecule has 1 saturated heterocycles. The van der Waals surface area contributed by atoms with E-state index in [9.17, 15) is 4.79 Å². The molecule has 2 atom stereocenters. The van der Waals surface area contributed by atoms with Gasteiger partial charge >= 0.3 is 5.97 Å². The van der Waals surface area contributed by atoms with E-state index in [2.05, 4.69) is 19.2 Å². The van der Waals surface area contributed by atoms with Gasteiger partial charge in [0, 0.05) is 18.0 Å². The van der Waals surface area contributed by atoms with Gasteiger partial charge in [0.2, 0.25) is 0 Å². The Hall–Kier alpha value is -1.75. The molecule has 5 nitrogen and oxygen atoms in total. The predicted octanol–water partition coefficient (Wildman–Crippen LogP) is 2.53. The maximum atomic E-state index is 11.1.